The van der Waals surface area contributed by atoms with Crippen LogP contribution in [0.5, 0.6) is 0 Å². The molecular formula is C12H16ClF2N3O3. The minimum Gasteiger partial charge on any atom is -0.360 e. The SMILES string of the molecule is Cl.O=C(NC1(COC(F)F)CC1)c1noc2c1CNCC2. The summed E-state index contributed by atoms with van der Waals surface area (Å²) in [6, 6.07) is 0. The maximum atomic E-state index is 12.2. The average Bonchev–Trinajstić information content (AvgIpc) is 3.05. The van der Waals surface area contributed by atoms with Crippen LogP contribution in [0.25, 0.3) is 0 Å². The van der Waals surface area contributed by atoms with Crippen LogP contribution in [0.3, 0.4) is 0 Å². The van der Waals surface area contributed by atoms with Gasteiger partial charge in [0.25, 0.3) is 5.91 Å². The Bertz CT molecular complexity index is 520. The van der Waals surface area contributed by atoms with Gasteiger partial charge in [-0.1, -0.05) is 5.16 Å². The second-order valence-corrected chi connectivity index (χ2v) is 5.17. The summed E-state index contributed by atoms with van der Waals surface area (Å²) in [5.41, 5.74) is 0.302. The topological polar surface area (TPSA) is 76.4 Å². The van der Waals surface area contributed by atoms with E-state index < -0.39 is 18.1 Å². The number of hydrogen-bond donors (Lipinski definition) is 2. The van der Waals surface area contributed by atoms with Gasteiger partial charge in [0.1, 0.15) is 5.76 Å². The molecule has 0 aromatic carbocycles. The summed E-state index contributed by atoms with van der Waals surface area (Å²) in [5.74, 6) is 0.316. The number of fused-ring (bicyclic) bond motifs is 1. The van der Waals surface area contributed by atoms with Crippen LogP contribution in [0.1, 0.15) is 34.7 Å². The van der Waals surface area contributed by atoms with Gasteiger partial charge in [0.2, 0.25) is 0 Å². The lowest BCUT2D eigenvalue weighted by Crippen LogP contribution is -2.41. The number of nitrogens with zero attached hydrogens (tertiary/aromatic N) is 1. The third kappa shape index (κ3) is 3.50. The van der Waals surface area contributed by atoms with E-state index in [1.807, 2.05) is 0 Å². The van der Waals surface area contributed by atoms with Gasteiger partial charge in [-0.05, 0) is 12.8 Å². The normalized spacial score (nSPS) is 18.8. The molecule has 1 fully saturated rings. The summed E-state index contributed by atoms with van der Waals surface area (Å²) < 4.78 is 33.6. The number of hydrogen-bond acceptors (Lipinski definition) is 5. The van der Waals surface area contributed by atoms with Crippen LogP contribution in [-0.2, 0) is 17.7 Å². The fraction of sp³-hybridized carbons (Fsp3) is 0.667. The van der Waals surface area contributed by atoms with Gasteiger partial charge >= 0.3 is 6.61 Å². The van der Waals surface area contributed by atoms with E-state index >= 15 is 0 Å². The third-order valence-corrected chi connectivity index (χ3v) is 3.63. The summed E-state index contributed by atoms with van der Waals surface area (Å²) in [6.45, 7) is -1.69. The van der Waals surface area contributed by atoms with E-state index in [-0.39, 0.29) is 24.7 Å². The largest absolute Gasteiger partial charge is 0.360 e. The predicted molar refractivity (Wildman–Crippen MR) is 70.5 cm³/mol. The molecule has 0 spiro atoms. The Morgan fingerprint density at radius 1 is 1.52 bits per heavy atom. The molecule has 2 heterocycles. The first-order valence-corrected chi connectivity index (χ1v) is 6.50. The summed E-state index contributed by atoms with van der Waals surface area (Å²) in [6.07, 6.45) is 1.95. The highest BCUT2D eigenvalue weighted by atomic mass is 35.5. The number of nitrogens with one attached hydrogen (secondary N) is 2. The molecule has 0 unspecified atom stereocenters. The Labute approximate surface area is 126 Å². The number of amides is 1. The molecule has 1 aromatic rings. The Morgan fingerprint density at radius 2 is 2.29 bits per heavy atom. The van der Waals surface area contributed by atoms with Crippen LogP contribution >= 0.6 is 12.4 Å². The van der Waals surface area contributed by atoms with Gasteiger partial charge in [0.15, 0.2) is 5.69 Å². The van der Waals surface area contributed by atoms with Gasteiger partial charge in [-0.15, -0.1) is 12.4 Å². The molecule has 6 nitrogen and oxygen atoms in total. The standard InChI is InChI=1S/C12H15F2N3O3.ClH/c13-11(14)19-6-12(2-3-12)16-10(18)9-7-5-15-4-1-8(7)20-17-9;/h11,15H,1-6H2,(H,16,18);1H. The van der Waals surface area contributed by atoms with E-state index in [9.17, 15) is 13.6 Å². The fourth-order valence-corrected chi connectivity index (χ4v) is 2.29. The molecule has 21 heavy (non-hydrogen) atoms. The van der Waals surface area contributed by atoms with Crippen LogP contribution in [0.4, 0.5) is 8.78 Å². The van der Waals surface area contributed by atoms with Crippen molar-refractivity contribution < 1.29 is 22.8 Å². The number of carbonyl (C=O) groups is 1. The molecule has 1 amide bonds. The molecule has 2 aliphatic rings. The lowest BCUT2D eigenvalue weighted by molar-refractivity contribution is -0.135. The molecule has 0 bridgehead atoms. The number of halogens is 3. The predicted octanol–water partition coefficient (Wildman–Crippen LogP) is 1.24. The van der Waals surface area contributed by atoms with Crippen LogP contribution in [-0.4, -0.2) is 36.4 Å². The second-order valence-electron chi connectivity index (χ2n) is 5.17. The number of rotatable bonds is 5. The molecule has 3 rings (SSSR count). The van der Waals surface area contributed by atoms with Gasteiger partial charge in [-0.2, -0.15) is 8.78 Å². The van der Waals surface area contributed by atoms with Gasteiger partial charge < -0.3 is 19.9 Å². The van der Waals surface area contributed by atoms with Gasteiger partial charge in [0.05, 0.1) is 12.1 Å². The molecule has 1 aliphatic heterocycles. The molecule has 2 N–H and O–H groups in total. The van der Waals surface area contributed by atoms with Crippen molar-refractivity contribution in [2.24, 2.45) is 0 Å². The van der Waals surface area contributed by atoms with Crippen LogP contribution in [0.2, 0.25) is 0 Å². The van der Waals surface area contributed by atoms with Gasteiger partial charge in [-0.25, -0.2) is 0 Å². The van der Waals surface area contributed by atoms with Crippen LogP contribution < -0.4 is 10.6 Å². The van der Waals surface area contributed by atoms with Gasteiger partial charge in [-0.3, -0.25) is 4.79 Å². The maximum Gasteiger partial charge on any atom is 0.345 e. The maximum absolute atomic E-state index is 12.2. The Morgan fingerprint density at radius 3 is 2.95 bits per heavy atom. The zero-order chi connectivity index (χ0) is 14.2. The van der Waals surface area contributed by atoms with E-state index in [1.54, 1.807) is 0 Å². The summed E-state index contributed by atoms with van der Waals surface area (Å²) in [5, 5.41) is 9.65. The smallest absolute Gasteiger partial charge is 0.345 e. The van der Waals surface area contributed by atoms with Crippen molar-refractivity contribution in [2.75, 3.05) is 13.2 Å². The fourth-order valence-electron chi connectivity index (χ4n) is 2.29. The lowest BCUT2D eigenvalue weighted by atomic mass is 10.1. The van der Waals surface area contributed by atoms with Crippen molar-refractivity contribution in [1.82, 2.24) is 15.8 Å². The number of carbonyl (C=O) groups excluding carboxylic acids is 1. The monoisotopic (exact) mass is 323 g/mol. The van der Waals surface area contributed by atoms with E-state index in [1.165, 1.54) is 0 Å². The van der Waals surface area contributed by atoms with Crippen molar-refractivity contribution >= 4 is 18.3 Å². The van der Waals surface area contributed by atoms with E-state index in [4.69, 9.17) is 4.52 Å². The number of alkyl halides is 2. The Hall–Kier alpha value is -1.25. The summed E-state index contributed by atoms with van der Waals surface area (Å²) in [4.78, 5) is 12.2. The van der Waals surface area contributed by atoms with Crippen molar-refractivity contribution in [3.8, 4) is 0 Å². The quantitative estimate of drug-likeness (QED) is 0.852. The molecule has 1 saturated carbocycles. The molecule has 9 heteroatoms. The molecule has 0 saturated heterocycles. The minimum absolute atomic E-state index is 0. The highest BCUT2D eigenvalue weighted by molar-refractivity contribution is 5.94. The highest BCUT2D eigenvalue weighted by Crippen LogP contribution is 2.36. The molecule has 118 valence electrons. The minimum atomic E-state index is -2.83. The van der Waals surface area contributed by atoms with Gasteiger partial charge in [0, 0.05) is 25.1 Å². The molecule has 0 radical (unpaired) electrons. The zero-order valence-electron chi connectivity index (χ0n) is 11.2. The first-order valence-electron chi connectivity index (χ1n) is 6.50. The van der Waals surface area contributed by atoms with Crippen molar-refractivity contribution in [3.63, 3.8) is 0 Å². The lowest BCUT2D eigenvalue weighted by Gasteiger charge is -2.17. The third-order valence-electron chi connectivity index (χ3n) is 3.63. The van der Waals surface area contributed by atoms with E-state index in [0.29, 0.717) is 31.6 Å². The summed E-state index contributed by atoms with van der Waals surface area (Å²) in [7, 11) is 0. The van der Waals surface area contributed by atoms with Crippen molar-refractivity contribution in [3.05, 3.63) is 17.0 Å². The van der Waals surface area contributed by atoms with E-state index in [0.717, 1.165) is 12.1 Å². The molecule has 1 aliphatic carbocycles. The van der Waals surface area contributed by atoms with E-state index in [2.05, 4.69) is 20.5 Å². The number of aromatic nitrogens is 1. The van der Waals surface area contributed by atoms with Crippen LogP contribution in [0, 0.1) is 0 Å². The zero-order valence-corrected chi connectivity index (χ0v) is 12.0. The first-order chi connectivity index (χ1) is 9.60. The molecular weight excluding hydrogens is 308 g/mol. The highest BCUT2D eigenvalue weighted by Gasteiger charge is 2.46. The van der Waals surface area contributed by atoms with Crippen molar-refractivity contribution in [1.29, 1.82) is 0 Å². The second kappa shape index (κ2) is 6.25. The Balaban J connectivity index is 0.00000161. The first kappa shape index (κ1) is 16.1. The summed E-state index contributed by atoms with van der Waals surface area (Å²) >= 11 is 0. The van der Waals surface area contributed by atoms with Crippen LogP contribution in [0.15, 0.2) is 4.52 Å². The Kier molecular flexibility index (Phi) is 4.80. The number of ether oxygens (including phenoxy) is 1. The molecule has 1 aromatic heterocycles. The molecule has 0 atom stereocenters. The van der Waals surface area contributed by atoms with Crippen molar-refractivity contribution in [2.45, 2.75) is 38.0 Å². The average molecular weight is 324 g/mol.